The largest absolute Gasteiger partial charge is 0.162 e. The molecule has 0 aliphatic rings. The zero-order chi connectivity index (χ0) is 12.8. The summed E-state index contributed by atoms with van der Waals surface area (Å²) in [5.74, 6) is 0. The van der Waals surface area contributed by atoms with Crippen molar-refractivity contribution in [3.05, 3.63) is 0 Å². The number of rotatable bonds is 13. The van der Waals surface area contributed by atoms with Crippen LogP contribution in [-0.4, -0.2) is 11.5 Å². The highest BCUT2D eigenvalue weighted by Gasteiger charge is 1.98. The molecule has 0 heterocycles. The molecule has 0 aromatic rings. The van der Waals surface area contributed by atoms with E-state index in [-0.39, 0.29) is 0 Å². The molecule has 0 aromatic heterocycles. The lowest BCUT2D eigenvalue weighted by molar-refractivity contribution is 0.544. The highest BCUT2D eigenvalue weighted by Crippen LogP contribution is 2.16. The quantitative estimate of drug-likeness (QED) is 0.343. The molecule has 0 aliphatic heterocycles. The topological polar surface area (TPSA) is 0 Å². The Labute approximate surface area is 114 Å². The lowest BCUT2D eigenvalue weighted by atomic mass is 10.0. The number of hydrogen-bond donors (Lipinski definition) is 0. The van der Waals surface area contributed by atoms with Crippen LogP contribution in [0.4, 0.5) is 0 Å². The third-order valence-corrected chi connectivity index (χ3v) is 4.66. The molecular formula is C16H34S. The standard InChI is InChI=1S/C16H34S/c1-4-5-6-7-8-9-10-11-12-13-14-15-16(2)17-3/h16H,4-15H2,1-3H3. The van der Waals surface area contributed by atoms with Crippen molar-refractivity contribution < 1.29 is 0 Å². The van der Waals surface area contributed by atoms with Crippen LogP contribution in [0.3, 0.4) is 0 Å². The maximum Gasteiger partial charge on any atom is 0.00159 e. The van der Waals surface area contributed by atoms with Gasteiger partial charge < -0.3 is 0 Å². The van der Waals surface area contributed by atoms with E-state index in [2.05, 4.69) is 20.1 Å². The third kappa shape index (κ3) is 14.3. The average molecular weight is 259 g/mol. The van der Waals surface area contributed by atoms with Crippen molar-refractivity contribution in [2.45, 2.75) is 96.1 Å². The lowest BCUT2D eigenvalue weighted by Gasteiger charge is -2.07. The van der Waals surface area contributed by atoms with Crippen molar-refractivity contribution in [1.29, 1.82) is 0 Å². The molecule has 0 aliphatic carbocycles. The maximum absolute atomic E-state index is 2.35. The van der Waals surface area contributed by atoms with Gasteiger partial charge in [-0.1, -0.05) is 84.5 Å². The van der Waals surface area contributed by atoms with Crippen molar-refractivity contribution in [2.75, 3.05) is 6.26 Å². The molecule has 0 spiro atoms. The Morgan fingerprint density at radius 3 is 1.53 bits per heavy atom. The first-order chi connectivity index (χ1) is 8.31. The molecule has 0 saturated heterocycles. The Bertz CT molecular complexity index is 133. The van der Waals surface area contributed by atoms with Crippen LogP contribution in [0.25, 0.3) is 0 Å². The van der Waals surface area contributed by atoms with Gasteiger partial charge in [-0.3, -0.25) is 0 Å². The van der Waals surface area contributed by atoms with Crippen molar-refractivity contribution in [2.24, 2.45) is 0 Å². The van der Waals surface area contributed by atoms with E-state index < -0.39 is 0 Å². The van der Waals surface area contributed by atoms with Gasteiger partial charge in [0.05, 0.1) is 0 Å². The molecule has 1 unspecified atom stereocenters. The van der Waals surface area contributed by atoms with Gasteiger partial charge in [0.2, 0.25) is 0 Å². The molecule has 0 radical (unpaired) electrons. The van der Waals surface area contributed by atoms with Crippen LogP contribution >= 0.6 is 11.8 Å². The summed E-state index contributed by atoms with van der Waals surface area (Å²) in [4.78, 5) is 0. The van der Waals surface area contributed by atoms with Crippen LogP contribution < -0.4 is 0 Å². The van der Waals surface area contributed by atoms with Gasteiger partial charge in [0.15, 0.2) is 0 Å². The third-order valence-electron chi connectivity index (χ3n) is 3.62. The monoisotopic (exact) mass is 258 g/mol. The SMILES string of the molecule is CCCCCCCCCCCCCC(C)SC. The molecule has 0 amide bonds. The Kier molecular flexibility index (Phi) is 14.7. The van der Waals surface area contributed by atoms with E-state index in [1.165, 1.54) is 77.0 Å². The van der Waals surface area contributed by atoms with E-state index in [1.807, 2.05) is 11.8 Å². The minimum absolute atomic E-state index is 0.869. The zero-order valence-corrected chi connectivity index (χ0v) is 13.3. The minimum atomic E-state index is 0.869. The van der Waals surface area contributed by atoms with Crippen LogP contribution in [-0.2, 0) is 0 Å². The average Bonchev–Trinajstić information content (AvgIpc) is 2.35. The molecule has 0 N–H and O–H groups in total. The van der Waals surface area contributed by atoms with Crippen LogP contribution in [0, 0.1) is 0 Å². The Morgan fingerprint density at radius 2 is 1.12 bits per heavy atom. The molecule has 104 valence electrons. The number of unbranched alkanes of at least 4 members (excludes halogenated alkanes) is 10. The number of hydrogen-bond acceptors (Lipinski definition) is 1. The van der Waals surface area contributed by atoms with E-state index in [0.717, 1.165) is 5.25 Å². The van der Waals surface area contributed by atoms with Gasteiger partial charge in [-0.05, 0) is 12.7 Å². The summed E-state index contributed by atoms with van der Waals surface area (Å²) in [6, 6.07) is 0. The molecule has 1 heteroatoms. The molecule has 0 saturated carbocycles. The molecule has 0 aromatic carbocycles. The smallest absolute Gasteiger partial charge is 0.00159 e. The Hall–Kier alpha value is 0.350. The second-order valence-electron chi connectivity index (χ2n) is 5.37. The zero-order valence-electron chi connectivity index (χ0n) is 12.5. The molecule has 0 bridgehead atoms. The van der Waals surface area contributed by atoms with E-state index in [4.69, 9.17) is 0 Å². The molecule has 0 fully saturated rings. The van der Waals surface area contributed by atoms with Crippen molar-refractivity contribution in [3.63, 3.8) is 0 Å². The molecule has 1 atom stereocenters. The summed E-state index contributed by atoms with van der Waals surface area (Å²) < 4.78 is 0. The van der Waals surface area contributed by atoms with Gasteiger partial charge in [0, 0.05) is 5.25 Å². The Balaban J connectivity index is 2.94. The predicted molar refractivity (Wildman–Crippen MR) is 84.1 cm³/mol. The summed E-state index contributed by atoms with van der Waals surface area (Å²) in [6.07, 6.45) is 19.7. The number of thioether (sulfide) groups is 1. The summed E-state index contributed by atoms with van der Waals surface area (Å²) in [5.41, 5.74) is 0. The second-order valence-corrected chi connectivity index (χ2v) is 6.65. The summed E-state index contributed by atoms with van der Waals surface area (Å²) >= 11 is 2.01. The summed E-state index contributed by atoms with van der Waals surface area (Å²) in [6.45, 7) is 4.64. The van der Waals surface area contributed by atoms with Gasteiger partial charge in [0.25, 0.3) is 0 Å². The van der Waals surface area contributed by atoms with Crippen molar-refractivity contribution in [3.8, 4) is 0 Å². The van der Waals surface area contributed by atoms with Crippen LogP contribution in [0.2, 0.25) is 0 Å². The fraction of sp³-hybridized carbons (Fsp3) is 1.00. The normalized spacial score (nSPS) is 12.9. The van der Waals surface area contributed by atoms with Gasteiger partial charge >= 0.3 is 0 Å². The first kappa shape index (κ1) is 17.4. The first-order valence-corrected chi connectivity index (χ1v) is 9.12. The molecular weight excluding hydrogens is 224 g/mol. The van der Waals surface area contributed by atoms with Crippen molar-refractivity contribution >= 4 is 11.8 Å². The van der Waals surface area contributed by atoms with Gasteiger partial charge in [-0.15, -0.1) is 0 Å². The van der Waals surface area contributed by atoms with Crippen LogP contribution in [0.5, 0.6) is 0 Å². The fourth-order valence-corrected chi connectivity index (χ4v) is 2.62. The highest BCUT2D eigenvalue weighted by atomic mass is 32.2. The lowest BCUT2D eigenvalue weighted by Crippen LogP contribution is -1.94. The molecule has 0 nitrogen and oxygen atoms in total. The van der Waals surface area contributed by atoms with Crippen molar-refractivity contribution in [1.82, 2.24) is 0 Å². The summed E-state index contributed by atoms with van der Waals surface area (Å²) in [7, 11) is 0. The highest BCUT2D eigenvalue weighted by molar-refractivity contribution is 7.99. The minimum Gasteiger partial charge on any atom is -0.162 e. The van der Waals surface area contributed by atoms with Crippen LogP contribution in [0.15, 0.2) is 0 Å². The van der Waals surface area contributed by atoms with Gasteiger partial charge in [-0.2, -0.15) is 11.8 Å². The summed E-state index contributed by atoms with van der Waals surface area (Å²) in [5, 5.41) is 0.869. The van der Waals surface area contributed by atoms with Gasteiger partial charge in [0.1, 0.15) is 0 Å². The van der Waals surface area contributed by atoms with E-state index in [9.17, 15) is 0 Å². The van der Waals surface area contributed by atoms with E-state index in [0.29, 0.717) is 0 Å². The van der Waals surface area contributed by atoms with E-state index in [1.54, 1.807) is 0 Å². The van der Waals surface area contributed by atoms with Gasteiger partial charge in [-0.25, -0.2) is 0 Å². The predicted octanol–water partition coefficient (Wildman–Crippen LogP) is 6.44. The Morgan fingerprint density at radius 1 is 0.706 bits per heavy atom. The first-order valence-electron chi connectivity index (χ1n) is 7.84. The van der Waals surface area contributed by atoms with E-state index >= 15 is 0 Å². The molecule has 17 heavy (non-hydrogen) atoms. The maximum atomic E-state index is 2.35. The molecule has 0 rings (SSSR count). The second kappa shape index (κ2) is 14.4. The fourth-order valence-electron chi connectivity index (χ4n) is 2.21. The van der Waals surface area contributed by atoms with Crippen LogP contribution in [0.1, 0.15) is 90.9 Å².